The molecule has 0 saturated carbocycles. The maximum atomic E-state index is 12.2. The van der Waals surface area contributed by atoms with E-state index in [1.54, 1.807) is 4.90 Å². The number of hydrogen-bond donors (Lipinski definition) is 2. The van der Waals surface area contributed by atoms with E-state index in [1.165, 1.54) is 0 Å². The van der Waals surface area contributed by atoms with Crippen LogP contribution in [-0.4, -0.2) is 41.5 Å². The first-order valence-electron chi connectivity index (χ1n) is 6.42. The Hall–Kier alpha value is -1.10. The van der Waals surface area contributed by atoms with Gasteiger partial charge in [-0.3, -0.25) is 9.59 Å². The Balaban J connectivity index is 4.57. The van der Waals surface area contributed by atoms with Gasteiger partial charge >= 0.3 is 5.97 Å². The summed E-state index contributed by atoms with van der Waals surface area (Å²) in [6, 6.07) is 0. The van der Waals surface area contributed by atoms with Crippen LogP contribution in [0.1, 0.15) is 40.5 Å². The van der Waals surface area contributed by atoms with Gasteiger partial charge < -0.3 is 15.7 Å². The van der Waals surface area contributed by atoms with Gasteiger partial charge in [-0.2, -0.15) is 0 Å². The Kier molecular flexibility index (Phi) is 6.91. The van der Waals surface area contributed by atoms with E-state index in [0.717, 1.165) is 0 Å². The van der Waals surface area contributed by atoms with E-state index in [4.69, 9.17) is 10.8 Å². The predicted octanol–water partition coefficient (Wildman–Crippen LogP) is 1.32. The third kappa shape index (κ3) is 6.59. The van der Waals surface area contributed by atoms with Crippen molar-refractivity contribution in [3.63, 3.8) is 0 Å². The summed E-state index contributed by atoms with van der Waals surface area (Å²) in [5.74, 6) is -1.14. The van der Waals surface area contributed by atoms with Gasteiger partial charge in [0.05, 0.1) is 12.3 Å². The van der Waals surface area contributed by atoms with Crippen LogP contribution < -0.4 is 5.73 Å². The predicted molar refractivity (Wildman–Crippen MR) is 71.1 cm³/mol. The quantitative estimate of drug-likeness (QED) is 0.721. The summed E-state index contributed by atoms with van der Waals surface area (Å²) < 4.78 is 0. The van der Waals surface area contributed by atoms with Crippen molar-refractivity contribution in [2.24, 2.45) is 17.1 Å². The molecular formula is C13H26N2O3. The van der Waals surface area contributed by atoms with E-state index in [2.05, 4.69) is 20.8 Å². The SMILES string of the molecule is CCN(CCC(=O)O)C(=O)C(CN)CC(C)(C)C. The first-order valence-corrected chi connectivity index (χ1v) is 6.42. The molecule has 0 aliphatic carbocycles. The maximum Gasteiger partial charge on any atom is 0.305 e. The summed E-state index contributed by atoms with van der Waals surface area (Å²) in [6.07, 6.45) is 0.693. The number of carboxylic acids is 1. The number of amides is 1. The highest BCUT2D eigenvalue weighted by Crippen LogP contribution is 2.25. The molecule has 0 aliphatic heterocycles. The fourth-order valence-corrected chi connectivity index (χ4v) is 1.92. The van der Waals surface area contributed by atoms with Gasteiger partial charge in [0.2, 0.25) is 5.91 Å². The average Bonchev–Trinajstić information content (AvgIpc) is 2.24. The molecule has 0 rings (SSSR count). The van der Waals surface area contributed by atoms with Crippen molar-refractivity contribution in [2.75, 3.05) is 19.6 Å². The molecule has 0 bridgehead atoms. The normalized spacial score (nSPS) is 13.2. The van der Waals surface area contributed by atoms with E-state index in [9.17, 15) is 9.59 Å². The van der Waals surface area contributed by atoms with Gasteiger partial charge in [-0.1, -0.05) is 20.8 Å². The zero-order valence-corrected chi connectivity index (χ0v) is 11.9. The topological polar surface area (TPSA) is 83.6 Å². The van der Waals surface area contributed by atoms with Gasteiger partial charge in [-0.05, 0) is 18.8 Å². The molecule has 5 heteroatoms. The third-order valence-electron chi connectivity index (χ3n) is 2.78. The third-order valence-corrected chi connectivity index (χ3v) is 2.78. The van der Waals surface area contributed by atoms with Crippen LogP contribution in [0.5, 0.6) is 0 Å². The fourth-order valence-electron chi connectivity index (χ4n) is 1.92. The first kappa shape index (κ1) is 16.9. The molecule has 0 fully saturated rings. The molecular weight excluding hydrogens is 232 g/mol. The molecule has 0 aliphatic rings. The van der Waals surface area contributed by atoms with Crippen LogP contribution in [-0.2, 0) is 9.59 Å². The van der Waals surface area contributed by atoms with Crippen LogP contribution >= 0.6 is 0 Å². The Morgan fingerprint density at radius 1 is 1.33 bits per heavy atom. The van der Waals surface area contributed by atoms with Crippen molar-refractivity contribution in [1.29, 1.82) is 0 Å². The van der Waals surface area contributed by atoms with Gasteiger partial charge in [0, 0.05) is 19.6 Å². The number of carbonyl (C=O) groups is 2. The highest BCUT2D eigenvalue weighted by atomic mass is 16.4. The van der Waals surface area contributed by atoms with Crippen LogP contribution in [0, 0.1) is 11.3 Å². The van der Waals surface area contributed by atoms with Crippen molar-refractivity contribution in [2.45, 2.75) is 40.5 Å². The minimum Gasteiger partial charge on any atom is -0.481 e. The van der Waals surface area contributed by atoms with Crippen LogP contribution in [0.3, 0.4) is 0 Å². The Morgan fingerprint density at radius 3 is 2.22 bits per heavy atom. The second-order valence-corrected chi connectivity index (χ2v) is 5.76. The lowest BCUT2D eigenvalue weighted by Gasteiger charge is -2.29. The maximum absolute atomic E-state index is 12.2. The Bertz CT molecular complexity index is 284. The van der Waals surface area contributed by atoms with Crippen molar-refractivity contribution in [3.05, 3.63) is 0 Å². The summed E-state index contributed by atoms with van der Waals surface area (Å²) in [4.78, 5) is 24.4. The summed E-state index contributed by atoms with van der Waals surface area (Å²) in [5, 5.41) is 8.66. The second kappa shape index (κ2) is 7.36. The number of nitrogens with two attached hydrogens (primary N) is 1. The van der Waals surface area contributed by atoms with Crippen LogP contribution in [0.4, 0.5) is 0 Å². The zero-order chi connectivity index (χ0) is 14.3. The van der Waals surface area contributed by atoms with Gasteiger partial charge in [0.25, 0.3) is 0 Å². The monoisotopic (exact) mass is 258 g/mol. The number of hydrogen-bond acceptors (Lipinski definition) is 3. The molecule has 0 aromatic heterocycles. The molecule has 1 atom stereocenters. The van der Waals surface area contributed by atoms with Crippen molar-refractivity contribution < 1.29 is 14.7 Å². The van der Waals surface area contributed by atoms with Gasteiger partial charge in [0.1, 0.15) is 0 Å². The molecule has 1 amide bonds. The Labute approximate surface area is 109 Å². The Morgan fingerprint density at radius 2 is 1.89 bits per heavy atom. The van der Waals surface area contributed by atoms with E-state index < -0.39 is 5.97 Å². The van der Waals surface area contributed by atoms with Crippen molar-refractivity contribution in [3.8, 4) is 0 Å². The van der Waals surface area contributed by atoms with E-state index in [-0.39, 0.29) is 30.2 Å². The lowest BCUT2D eigenvalue weighted by atomic mass is 9.84. The number of carbonyl (C=O) groups excluding carboxylic acids is 1. The van der Waals surface area contributed by atoms with Gasteiger partial charge in [-0.25, -0.2) is 0 Å². The highest BCUT2D eigenvalue weighted by Gasteiger charge is 2.27. The van der Waals surface area contributed by atoms with E-state index >= 15 is 0 Å². The molecule has 0 aromatic carbocycles. The molecule has 0 saturated heterocycles. The fraction of sp³-hybridized carbons (Fsp3) is 0.846. The van der Waals surface area contributed by atoms with E-state index in [1.807, 2.05) is 6.92 Å². The van der Waals surface area contributed by atoms with Crippen LogP contribution in [0.25, 0.3) is 0 Å². The largest absolute Gasteiger partial charge is 0.481 e. The molecule has 5 nitrogen and oxygen atoms in total. The van der Waals surface area contributed by atoms with Crippen molar-refractivity contribution in [1.82, 2.24) is 4.90 Å². The zero-order valence-electron chi connectivity index (χ0n) is 11.9. The second-order valence-electron chi connectivity index (χ2n) is 5.76. The number of nitrogens with zero attached hydrogens (tertiary/aromatic N) is 1. The van der Waals surface area contributed by atoms with Gasteiger partial charge in [0.15, 0.2) is 0 Å². The van der Waals surface area contributed by atoms with Crippen LogP contribution in [0.15, 0.2) is 0 Å². The molecule has 0 spiro atoms. The lowest BCUT2D eigenvalue weighted by molar-refractivity contribution is -0.140. The average molecular weight is 258 g/mol. The molecule has 0 aromatic rings. The molecule has 18 heavy (non-hydrogen) atoms. The molecule has 1 unspecified atom stereocenters. The number of carboxylic acid groups (broad SMARTS) is 1. The van der Waals surface area contributed by atoms with E-state index in [0.29, 0.717) is 19.5 Å². The summed E-state index contributed by atoms with van der Waals surface area (Å²) in [5.41, 5.74) is 5.70. The van der Waals surface area contributed by atoms with Gasteiger partial charge in [-0.15, -0.1) is 0 Å². The molecule has 0 heterocycles. The number of aliphatic carboxylic acids is 1. The smallest absolute Gasteiger partial charge is 0.305 e. The highest BCUT2D eigenvalue weighted by molar-refractivity contribution is 5.79. The van der Waals surface area contributed by atoms with Crippen molar-refractivity contribution >= 4 is 11.9 Å². The molecule has 106 valence electrons. The van der Waals surface area contributed by atoms with Crippen LogP contribution in [0.2, 0.25) is 0 Å². The first-order chi connectivity index (χ1) is 8.21. The molecule has 3 N–H and O–H groups in total. The number of rotatable bonds is 7. The molecule has 0 radical (unpaired) electrons. The summed E-state index contributed by atoms with van der Waals surface area (Å²) in [6.45, 7) is 9.13. The minimum atomic E-state index is -0.888. The lowest BCUT2D eigenvalue weighted by Crippen LogP contribution is -2.41. The standard InChI is InChI=1S/C13H26N2O3/c1-5-15(7-6-11(16)17)12(18)10(9-14)8-13(2,3)4/h10H,5-9,14H2,1-4H3,(H,16,17). The minimum absolute atomic E-state index is 0.0214. The summed E-state index contributed by atoms with van der Waals surface area (Å²) >= 11 is 0. The summed E-state index contributed by atoms with van der Waals surface area (Å²) in [7, 11) is 0.